The van der Waals surface area contributed by atoms with Crippen LogP contribution in [-0.4, -0.2) is 69.6 Å². The number of hydrogen-bond donors (Lipinski definition) is 2. The van der Waals surface area contributed by atoms with Crippen molar-refractivity contribution in [3.63, 3.8) is 0 Å². The third-order valence-electron chi connectivity index (χ3n) is 6.74. The van der Waals surface area contributed by atoms with E-state index in [4.69, 9.17) is 4.52 Å². The first kappa shape index (κ1) is 23.2. The summed E-state index contributed by atoms with van der Waals surface area (Å²) in [5.74, 6) is 0.947. The van der Waals surface area contributed by atoms with Gasteiger partial charge in [0.2, 0.25) is 11.8 Å². The number of anilines is 1. The number of fused-ring (bicyclic) bond motifs is 1. The number of rotatable bonds is 7. The summed E-state index contributed by atoms with van der Waals surface area (Å²) < 4.78 is 5.35. The highest BCUT2D eigenvalue weighted by Crippen LogP contribution is 2.29. The molecule has 0 radical (unpaired) electrons. The lowest BCUT2D eigenvalue weighted by molar-refractivity contribution is -0.131. The maximum Gasteiger partial charge on any atom is 0.257 e. The van der Waals surface area contributed by atoms with E-state index in [0.717, 1.165) is 40.9 Å². The summed E-state index contributed by atoms with van der Waals surface area (Å²) >= 11 is 0. The first-order valence-corrected chi connectivity index (χ1v) is 11.8. The minimum atomic E-state index is -0.342. The molecule has 2 aromatic carbocycles. The first-order chi connectivity index (χ1) is 16.9. The molecule has 3 heterocycles. The summed E-state index contributed by atoms with van der Waals surface area (Å²) in [4.78, 5) is 33.4. The number of likely N-dealkylation sites (N-methyl/N-ethyl adjacent to an activating group) is 1. The fourth-order valence-electron chi connectivity index (χ4n) is 4.81. The maximum atomic E-state index is 13.4. The molecule has 35 heavy (non-hydrogen) atoms. The van der Waals surface area contributed by atoms with Crippen LogP contribution in [-0.2, 0) is 22.4 Å². The molecule has 182 valence electrons. The summed E-state index contributed by atoms with van der Waals surface area (Å²) in [6.45, 7) is 3.75. The number of benzene rings is 2. The van der Waals surface area contributed by atoms with Crippen LogP contribution < -0.4 is 5.32 Å². The van der Waals surface area contributed by atoms with Gasteiger partial charge < -0.3 is 19.8 Å². The predicted molar refractivity (Wildman–Crippen MR) is 130 cm³/mol. The number of amides is 2. The average molecular weight is 476 g/mol. The van der Waals surface area contributed by atoms with Crippen LogP contribution in [0.1, 0.15) is 35.0 Å². The summed E-state index contributed by atoms with van der Waals surface area (Å²) in [6.07, 6.45) is 0.989. The minimum Gasteiger partial charge on any atom is -0.392 e. The van der Waals surface area contributed by atoms with Crippen molar-refractivity contribution in [2.45, 2.75) is 38.3 Å². The fourth-order valence-corrected chi connectivity index (χ4v) is 4.81. The van der Waals surface area contributed by atoms with Crippen molar-refractivity contribution in [2.75, 3.05) is 32.0 Å². The van der Waals surface area contributed by atoms with Gasteiger partial charge >= 0.3 is 0 Å². The normalized spacial score (nSPS) is 18.4. The molecule has 2 aliphatic rings. The molecule has 9 heteroatoms. The zero-order valence-corrected chi connectivity index (χ0v) is 19.9. The van der Waals surface area contributed by atoms with Gasteiger partial charge in [0.25, 0.3) is 5.89 Å². The largest absolute Gasteiger partial charge is 0.392 e. The number of carbonyl (C=O) groups excluding carboxylic acids is 2. The number of aliphatic hydroxyl groups excluding tert-OH is 1. The number of nitrogens with zero attached hydrogens (tertiary/aromatic N) is 4. The van der Waals surface area contributed by atoms with Gasteiger partial charge in [-0.15, -0.1) is 0 Å². The lowest BCUT2D eigenvalue weighted by Gasteiger charge is -2.32. The van der Waals surface area contributed by atoms with Gasteiger partial charge in [-0.25, -0.2) is 0 Å². The van der Waals surface area contributed by atoms with Crippen molar-refractivity contribution in [1.82, 2.24) is 19.9 Å². The van der Waals surface area contributed by atoms with Gasteiger partial charge in [0, 0.05) is 37.9 Å². The molecule has 9 nitrogen and oxygen atoms in total. The van der Waals surface area contributed by atoms with Crippen molar-refractivity contribution in [2.24, 2.45) is 0 Å². The second kappa shape index (κ2) is 9.59. The Balaban J connectivity index is 1.39. The SMILES string of the molecule is Cc1noc(-c2cccc([C@@H](CN3CC[C@H](O)C3)N(C)C(=O)Cc3ccc4c(c3)NC(=O)C4)c2)n1. The molecule has 0 saturated carbocycles. The summed E-state index contributed by atoms with van der Waals surface area (Å²) in [5.41, 5.74) is 4.35. The highest BCUT2D eigenvalue weighted by Gasteiger charge is 2.29. The lowest BCUT2D eigenvalue weighted by Crippen LogP contribution is -2.39. The Morgan fingerprint density at radius 1 is 1.31 bits per heavy atom. The zero-order chi connectivity index (χ0) is 24.5. The number of β-amino-alcohol motifs (C(OH)–C–C–N with tert-alkyl or cyclic N) is 1. The minimum absolute atomic E-state index is 0.0234. The highest BCUT2D eigenvalue weighted by molar-refractivity contribution is 5.99. The van der Waals surface area contributed by atoms with Gasteiger partial charge in [0.05, 0.1) is 25.0 Å². The van der Waals surface area contributed by atoms with Crippen LogP contribution in [0.4, 0.5) is 5.69 Å². The van der Waals surface area contributed by atoms with Gasteiger partial charge in [0.1, 0.15) is 0 Å². The molecule has 1 aromatic heterocycles. The molecule has 2 N–H and O–H groups in total. The van der Waals surface area contributed by atoms with Crippen molar-refractivity contribution >= 4 is 17.5 Å². The van der Waals surface area contributed by atoms with Crippen molar-refractivity contribution in [3.05, 3.63) is 65.0 Å². The Labute approximate surface area is 203 Å². The van der Waals surface area contributed by atoms with Crippen LogP contribution in [0.2, 0.25) is 0 Å². The Hall–Kier alpha value is -3.56. The van der Waals surface area contributed by atoms with E-state index in [9.17, 15) is 14.7 Å². The van der Waals surface area contributed by atoms with E-state index in [1.54, 1.807) is 11.8 Å². The number of carbonyl (C=O) groups is 2. The van der Waals surface area contributed by atoms with E-state index in [0.29, 0.717) is 31.2 Å². The van der Waals surface area contributed by atoms with E-state index in [2.05, 4.69) is 20.4 Å². The van der Waals surface area contributed by atoms with E-state index in [1.807, 2.05) is 49.5 Å². The molecule has 2 atom stereocenters. The number of aryl methyl sites for hydroxylation is 1. The number of aliphatic hydroxyl groups is 1. The Morgan fingerprint density at radius 2 is 2.17 bits per heavy atom. The topological polar surface area (TPSA) is 112 Å². The van der Waals surface area contributed by atoms with Gasteiger partial charge in [-0.2, -0.15) is 4.98 Å². The number of hydrogen-bond acceptors (Lipinski definition) is 7. The van der Waals surface area contributed by atoms with Gasteiger partial charge in [-0.1, -0.05) is 29.4 Å². The van der Waals surface area contributed by atoms with Crippen molar-refractivity contribution in [3.8, 4) is 11.5 Å². The number of nitrogens with one attached hydrogen (secondary N) is 1. The Morgan fingerprint density at radius 3 is 2.91 bits per heavy atom. The van der Waals surface area contributed by atoms with Crippen LogP contribution >= 0.6 is 0 Å². The van der Waals surface area contributed by atoms with E-state index >= 15 is 0 Å². The standard InChI is InChI=1S/C26H29N5O4/c1-16-27-26(35-29-16)20-5-3-4-19(12-20)23(15-31-9-8-21(32)14-31)30(2)25(34)11-17-6-7-18-13-24(33)28-22(18)10-17/h3-7,10,12,21,23,32H,8-9,11,13-15H2,1-2H3,(H,28,33)/t21-,23+/m0/s1. The number of likely N-dealkylation sites (tertiary alicyclic amines) is 1. The second-order valence-corrected chi connectivity index (χ2v) is 9.39. The monoisotopic (exact) mass is 475 g/mol. The molecule has 0 unspecified atom stereocenters. The van der Waals surface area contributed by atoms with E-state index in [-0.39, 0.29) is 30.4 Å². The zero-order valence-electron chi connectivity index (χ0n) is 19.9. The van der Waals surface area contributed by atoms with Gasteiger partial charge in [-0.05, 0) is 48.2 Å². The molecule has 2 amide bonds. The van der Waals surface area contributed by atoms with Crippen LogP contribution in [0.15, 0.2) is 47.0 Å². The quantitative estimate of drug-likeness (QED) is 0.539. The summed E-state index contributed by atoms with van der Waals surface area (Å²) in [5, 5.41) is 16.8. The Bertz CT molecular complexity index is 1260. The molecule has 0 bridgehead atoms. The third kappa shape index (κ3) is 5.11. The molecular formula is C26H29N5O4. The van der Waals surface area contributed by atoms with Gasteiger partial charge in [-0.3, -0.25) is 14.5 Å². The molecule has 3 aromatic rings. The first-order valence-electron chi connectivity index (χ1n) is 11.8. The second-order valence-electron chi connectivity index (χ2n) is 9.39. The maximum absolute atomic E-state index is 13.4. The summed E-state index contributed by atoms with van der Waals surface area (Å²) in [7, 11) is 1.82. The highest BCUT2D eigenvalue weighted by atomic mass is 16.5. The Kier molecular flexibility index (Phi) is 6.36. The van der Waals surface area contributed by atoms with E-state index < -0.39 is 0 Å². The smallest absolute Gasteiger partial charge is 0.257 e. The molecular weight excluding hydrogens is 446 g/mol. The van der Waals surface area contributed by atoms with Crippen LogP contribution in [0.25, 0.3) is 11.5 Å². The molecule has 1 fully saturated rings. The average Bonchev–Trinajstić information content (AvgIpc) is 3.56. The fraction of sp³-hybridized carbons (Fsp3) is 0.385. The lowest BCUT2D eigenvalue weighted by atomic mass is 10.0. The van der Waals surface area contributed by atoms with E-state index in [1.165, 1.54) is 0 Å². The molecule has 2 aliphatic heterocycles. The molecule has 1 saturated heterocycles. The molecule has 5 rings (SSSR count). The molecule has 0 aliphatic carbocycles. The van der Waals surface area contributed by atoms with Crippen molar-refractivity contribution < 1.29 is 19.2 Å². The predicted octanol–water partition coefficient (Wildman–Crippen LogP) is 2.35. The van der Waals surface area contributed by atoms with Crippen molar-refractivity contribution in [1.29, 1.82) is 0 Å². The van der Waals surface area contributed by atoms with Gasteiger partial charge in [0.15, 0.2) is 5.82 Å². The molecule has 0 spiro atoms. The van der Waals surface area contributed by atoms with Crippen LogP contribution in [0, 0.1) is 6.92 Å². The van der Waals surface area contributed by atoms with Crippen LogP contribution in [0.5, 0.6) is 0 Å². The third-order valence-corrected chi connectivity index (χ3v) is 6.74. The van der Waals surface area contributed by atoms with Crippen LogP contribution in [0.3, 0.4) is 0 Å². The number of aromatic nitrogens is 2. The summed E-state index contributed by atoms with van der Waals surface area (Å²) in [6, 6.07) is 13.3.